The Morgan fingerprint density at radius 2 is 1.95 bits per heavy atom. The van der Waals surface area contributed by atoms with Crippen LogP contribution in [0.5, 0.6) is 0 Å². The number of aryl methyl sites for hydroxylation is 1. The van der Waals surface area contributed by atoms with E-state index in [0.29, 0.717) is 25.0 Å². The molecule has 3 nitrogen and oxygen atoms in total. The van der Waals surface area contributed by atoms with Crippen LogP contribution in [0.2, 0.25) is 0 Å². The average Bonchev–Trinajstić information content (AvgIpc) is 2.34. The molecule has 1 atom stereocenters. The number of nitrogens with two attached hydrogens (primary N) is 1. The van der Waals surface area contributed by atoms with Gasteiger partial charge in [-0.25, -0.2) is 0 Å². The number of halogens is 1. The normalized spacial score (nSPS) is 12.5. The molecule has 19 heavy (non-hydrogen) atoms. The molecule has 1 unspecified atom stereocenters. The Hall–Kier alpha value is -1.04. The lowest BCUT2D eigenvalue weighted by molar-refractivity contribution is 0.767. The molecule has 0 amide bonds. The second kappa shape index (κ2) is 8.96. The quantitative estimate of drug-likeness (QED) is 0.361. The zero-order chi connectivity index (χ0) is 13.5. The minimum absolute atomic E-state index is 0. The smallest absolute Gasteiger partial charge is 0.188 e. The highest BCUT2D eigenvalue weighted by atomic mass is 127. The van der Waals surface area contributed by atoms with Gasteiger partial charge in [-0.2, -0.15) is 0 Å². The van der Waals surface area contributed by atoms with Crippen molar-refractivity contribution in [3.63, 3.8) is 0 Å². The van der Waals surface area contributed by atoms with Gasteiger partial charge in [0.05, 0.1) is 0 Å². The minimum atomic E-state index is 0. The molecule has 0 saturated heterocycles. The van der Waals surface area contributed by atoms with E-state index < -0.39 is 0 Å². The molecule has 0 aliphatic carbocycles. The lowest BCUT2D eigenvalue weighted by Gasteiger charge is -2.10. The van der Waals surface area contributed by atoms with E-state index in [1.165, 1.54) is 11.1 Å². The molecule has 1 aromatic carbocycles. The van der Waals surface area contributed by atoms with Gasteiger partial charge in [0, 0.05) is 19.0 Å². The molecule has 0 saturated carbocycles. The summed E-state index contributed by atoms with van der Waals surface area (Å²) in [4.78, 5) is 4.34. The molecule has 0 radical (unpaired) electrons. The molecule has 0 aromatic heterocycles. The first kappa shape index (κ1) is 18.0. The number of benzene rings is 1. The molecular formula is C15H24IN3. The zero-order valence-corrected chi connectivity index (χ0v) is 14.3. The Morgan fingerprint density at radius 3 is 2.47 bits per heavy atom. The van der Waals surface area contributed by atoms with E-state index in [4.69, 9.17) is 5.73 Å². The number of rotatable bonds is 5. The van der Waals surface area contributed by atoms with Crippen molar-refractivity contribution in [2.45, 2.75) is 26.7 Å². The molecule has 1 rings (SSSR count). The van der Waals surface area contributed by atoms with Crippen LogP contribution in [-0.2, 0) is 0 Å². The topological polar surface area (TPSA) is 50.4 Å². The molecule has 1 aromatic rings. The van der Waals surface area contributed by atoms with E-state index in [1.54, 1.807) is 0 Å². The highest BCUT2D eigenvalue weighted by Gasteiger charge is 2.04. The van der Waals surface area contributed by atoms with Crippen molar-refractivity contribution in [1.29, 1.82) is 0 Å². The third kappa shape index (κ3) is 7.20. The van der Waals surface area contributed by atoms with Gasteiger partial charge < -0.3 is 11.1 Å². The van der Waals surface area contributed by atoms with E-state index in [-0.39, 0.29) is 24.0 Å². The molecule has 0 aliphatic rings. The van der Waals surface area contributed by atoms with Gasteiger partial charge in [0.15, 0.2) is 5.96 Å². The molecule has 106 valence electrons. The lowest BCUT2D eigenvalue weighted by atomic mass is 10.0. The number of nitrogens with zero attached hydrogens (tertiary/aromatic N) is 1. The van der Waals surface area contributed by atoms with E-state index in [0.717, 1.165) is 5.57 Å². The maximum Gasteiger partial charge on any atom is 0.188 e. The van der Waals surface area contributed by atoms with Crippen LogP contribution in [0.1, 0.15) is 30.9 Å². The Balaban J connectivity index is 0.00000324. The van der Waals surface area contributed by atoms with Crippen LogP contribution < -0.4 is 11.1 Å². The number of hydrogen-bond acceptors (Lipinski definition) is 1. The number of hydrogen-bond donors (Lipinski definition) is 2. The van der Waals surface area contributed by atoms with Crippen molar-refractivity contribution in [3.8, 4) is 0 Å². The van der Waals surface area contributed by atoms with Gasteiger partial charge in [0.1, 0.15) is 0 Å². The standard InChI is InChI=1S/C15H23N3.HI/c1-11(2)9-17-15(16)18-10-13(4)14-7-5-12(3)6-8-14;/h5-8,13H,1,9-10H2,2-4H3,(H3,16,17,18);1H. The summed E-state index contributed by atoms with van der Waals surface area (Å²) >= 11 is 0. The van der Waals surface area contributed by atoms with Gasteiger partial charge in [0.2, 0.25) is 0 Å². The summed E-state index contributed by atoms with van der Waals surface area (Å²) in [5.41, 5.74) is 9.38. The fourth-order valence-corrected chi connectivity index (χ4v) is 1.53. The zero-order valence-electron chi connectivity index (χ0n) is 11.9. The summed E-state index contributed by atoms with van der Waals surface area (Å²) in [5.74, 6) is 0.854. The predicted molar refractivity (Wildman–Crippen MR) is 94.3 cm³/mol. The lowest BCUT2D eigenvalue weighted by Crippen LogP contribution is -2.33. The second-order valence-electron chi connectivity index (χ2n) is 4.85. The van der Waals surface area contributed by atoms with Crippen molar-refractivity contribution >= 4 is 29.9 Å². The maximum atomic E-state index is 5.77. The molecule has 0 heterocycles. The van der Waals surface area contributed by atoms with Gasteiger partial charge in [-0.1, -0.05) is 48.9 Å². The van der Waals surface area contributed by atoms with E-state index in [2.05, 4.69) is 55.0 Å². The minimum Gasteiger partial charge on any atom is -0.370 e. The van der Waals surface area contributed by atoms with Crippen LogP contribution in [0.25, 0.3) is 0 Å². The Labute approximate surface area is 133 Å². The van der Waals surface area contributed by atoms with E-state index >= 15 is 0 Å². The number of aliphatic imine (C=N–C) groups is 1. The van der Waals surface area contributed by atoms with Crippen molar-refractivity contribution in [2.24, 2.45) is 10.7 Å². The number of nitrogens with one attached hydrogen (secondary N) is 1. The Bertz CT molecular complexity index is 424. The fourth-order valence-electron chi connectivity index (χ4n) is 1.53. The monoisotopic (exact) mass is 373 g/mol. The maximum absolute atomic E-state index is 5.77. The van der Waals surface area contributed by atoms with Gasteiger partial charge in [-0.05, 0) is 19.4 Å². The molecule has 4 heteroatoms. The van der Waals surface area contributed by atoms with Gasteiger partial charge in [-0.3, -0.25) is 4.99 Å². The summed E-state index contributed by atoms with van der Waals surface area (Å²) in [6.07, 6.45) is 0. The largest absolute Gasteiger partial charge is 0.370 e. The molecule has 0 fully saturated rings. The van der Waals surface area contributed by atoms with Crippen LogP contribution in [-0.4, -0.2) is 19.0 Å². The highest BCUT2D eigenvalue weighted by Crippen LogP contribution is 2.15. The van der Waals surface area contributed by atoms with Crippen LogP contribution in [0.3, 0.4) is 0 Å². The molecule has 3 N–H and O–H groups in total. The Morgan fingerprint density at radius 1 is 1.37 bits per heavy atom. The van der Waals surface area contributed by atoms with Crippen molar-refractivity contribution in [1.82, 2.24) is 5.32 Å². The highest BCUT2D eigenvalue weighted by molar-refractivity contribution is 14.0. The first-order valence-electron chi connectivity index (χ1n) is 6.23. The second-order valence-corrected chi connectivity index (χ2v) is 4.85. The summed E-state index contributed by atoms with van der Waals surface area (Å²) in [5, 5.41) is 3.03. The molecule has 0 aliphatic heterocycles. The molecule has 0 bridgehead atoms. The summed E-state index contributed by atoms with van der Waals surface area (Å²) in [7, 11) is 0. The number of guanidine groups is 1. The van der Waals surface area contributed by atoms with Crippen LogP contribution in [0.15, 0.2) is 41.4 Å². The van der Waals surface area contributed by atoms with Gasteiger partial charge >= 0.3 is 0 Å². The van der Waals surface area contributed by atoms with E-state index in [1.807, 2.05) is 6.92 Å². The summed E-state index contributed by atoms with van der Waals surface area (Å²) in [6, 6.07) is 8.54. The molecule has 0 spiro atoms. The van der Waals surface area contributed by atoms with Crippen molar-refractivity contribution in [2.75, 3.05) is 13.1 Å². The van der Waals surface area contributed by atoms with Gasteiger partial charge in [0.25, 0.3) is 0 Å². The van der Waals surface area contributed by atoms with Gasteiger partial charge in [-0.15, -0.1) is 24.0 Å². The van der Waals surface area contributed by atoms with Crippen molar-refractivity contribution in [3.05, 3.63) is 47.5 Å². The van der Waals surface area contributed by atoms with Crippen LogP contribution >= 0.6 is 24.0 Å². The first-order chi connectivity index (χ1) is 8.49. The first-order valence-corrected chi connectivity index (χ1v) is 6.23. The Kier molecular flexibility index (Phi) is 8.47. The van der Waals surface area contributed by atoms with Crippen LogP contribution in [0, 0.1) is 6.92 Å². The van der Waals surface area contributed by atoms with Crippen LogP contribution in [0.4, 0.5) is 0 Å². The fraction of sp³-hybridized carbons (Fsp3) is 0.400. The third-order valence-corrected chi connectivity index (χ3v) is 2.75. The van der Waals surface area contributed by atoms with E-state index in [9.17, 15) is 0 Å². The average molecular weight is 373 g/mol. The third-order valence-electron chi connectivity index (χ3n) is 2.75. The molecular weight excluding hydrogens is 349 g/mol. The summed E-state index contributed by atoms with van der Waals surface area (Å²) < 4.78 is 0. The summed E-state index contributed by atoms with van der Waals surface area (Å²) in [6.45, 7) is 11.4. The van der Waals surface area contributed by atoms with Crippen molar-refractivity contribution < 1.29 is 0 Å². The SMILES string of the molecule is C=C(C)CNC(N)=NCC(C)c1ccc(C)cc1.I. The predicted octanol–water partition coefficient (Wildman–Crippen LogP) is 3.20.